The number of nitrogens with one attached hydrogen (secondary N) is 1. The minimum Gasteiger partial charge on any atom is -0.497 e. The van der Waals surface area contributed by atoms with Crippen molar-refractivity contribution in [3.63, 3.8) is 0 Å². The highest BCUT2D eigenvalue weighted by Gasteiger charge is 2.27. The van der Waals surface area contributed by atoms with Crippen molar-refractivity contribution < 1.29 is 14.3 Å². The lowest BCUT2D eigenvalue weighted by Gasteiger charge is -2.36. The van der Waals surface area contributed by atoms with Gasteiger partial charge in [-0.3, -0.25) is 13.9 Å². The van der Waals surface area contributed by atoms with Gasteiger partial charge in [0.15, 0.2) is 0 Å². The zero-order chi connectivity index (χ0) is 28.9. The van der Waals surface area contributed by atoms with Gasteiger partial charge in [0.25, 0.3) is 5.56 Å². The van der Waals surface area contributed by atoms with E-state index in [0.717, 1.165) is 24.1 Å². The van der Waals surface area contributed by atoms with Crippen molar-refractivity contribution in [3.05, 3.63) is 75.0 Å². The van der Waals surface area contributed by atoms with E-state index in [4.69, 9.17) is 9.47 Å². The Hall–Kier alpha value is -4.02. The van der Waals surface area contributed by atoms with Gasteiger partial charge >= 0.3 is 11.8 Å². The number of piperidine rings is 1. The molecule has 3 aromatic rings. The maximum atomic E-state index is 13.8. The van der Waals surface area contributed by atoms with E-state index in [1.54, 1.807) is 30.3 Å². The molecule has 2 aromatic heterocycles. The van der Waals surface area contributed by atoms with Gasteiger partial charge in [0.2, 0.25) is 0 Å². The number of hydrogen-bond donors (Lipinski definition) is 1. The van der Waals surface area contributed by atoms with Crippen molar-refractivity contribution in [2.24, 2.45) is 0 Å². The molecule has 0 unspecified atom stereocenters. The van der Waals surface area contributed by atoms with E-state index in [-0.39, 0.29) is 23.8 Å². The Morgan fingerprint density at radius 1 is 1.12 bits per heavy atom. The average molecular weight is 553 g/mol. The SMILES string of the molecule is COc1ccc(Cn2c(=O)cc(N3CCC[C@@H](NC(=O)OC(C)(C)C)C3)n(CCCn3cncc3C)c2=O)cc1. The van der Waals surface area contributed by atoms with Gasteiger partial charge in [-0.15, -0.1) is 0 Å². The van der Waals surface area contributed by atoms with Gasteiger partial charge in [-0.05, 0) is 64.7 Å². The standard InChI is InChI=1S/C29H40N6O5/c1-21-17-30-20-33(21)14-7-15-34-25(32-13-6-8-23(19-32)31-27(37)40-29(2,3)4)16-26(36)35(28(34)38)18-22-9-11-24(39-5)12-10-22/h9-12,16-17,20,23H,6-8,13-15,18-19H2,1-5H3,(H,31,37)/t23-/m1/s1. The molecule has 3 heterocycles. The number of hydrogen-bond acceptors (Lipinski definition) is 7. The van der Waals surface area contributed by atoms with Crippen LogP contribution in [0.5, 0.6) is 5.75 Å². The molecule has 1 aliphatic heterocycles. The van der Waals surface area contributed by atoms with E-state index < -0.39 is 11.7 Å². The molecular formula is C29H40N6O5. The van der Waals surface area contributed by atoms with E-state index in [1.165, 1.54) is 4.57 Å². The van der Waals surface area contributed by atoms with Crippen LogP contribution in [0.2, 0.25) is 0 Å². The summed E-state index contributed by atoms with van der Waals surface area (Å²) in [5, 5.41) is 2.95. The summed E-state index contributed by atoms with van der Waals surface area (Å²) in [6, 6.07) is 8.70. The molecule has 1 aromatic carbocycles. The van der Waals surface area contributed by atoms with Crippen LogP contribution in [0.25, 0.3) is 0 Å². The van der Waals surface area contributed by atoms with Crippen LogP contribution >= 0.6 is 0 Å². The molecule has 1 saturated heterocycles. The second kappa shape index (κ2) is 12.4. The molecule has 0 saturated carbocycles. The van der Waals surface area contributed by atoms with Crippen LogP contribution in [0.3, 0.4) is 0 Å². The third-order valence-electron chi connectivity index (χ3n) is 6.92. The first-order valence-electron chi connectivity index (χ1n) is 13.7. The Balaban J connectivity index is 1.61. The summed E-state index contributed by atoms with van der Waals surface area (Å²) in [6.07, 6.45) is 5.38. The van der Waals surface area contributed by atoms with Crippen LogP contribution in [0.15, 0.2) is 52.4 Å². The lowest BCUT2D eigenvalue weighted by molar-refractivity contribution is 0.0500. The van der Waals surface area contributed by atoms with Gasteiger partial charge in [-0.2, -0.15) is 0 Å². The van der Waals surface area contributed by atoms with Crippen LogP contribution in [0.4, 0.5) is 10.6 Å². The average Bonchev–Trinajstić information content (AvgIpc) is 3.31. The predicted molar refractivity (Wildman–Crippen MR) is 153 cm³/mol. The number of carbonyl (C=O) groups excluding carboxylic acids is 1. The molecule has 4 rings (SSSR count). The molecule has 1 N–H and O–H groups in total. The van der Waals surface area contributed by atoms with Crippen molar-refractivity contribution in [3.8, 4) is 5.75 Å². The molecule has 1 fully saturated rings. The van der Waals surface area contributed by atoms with Crippen LogP contribution in [0.1, 0.15) is 51.3 Å². The molecular weight excluding hydrogens is 512 g/mol. The van der Waals surface area contributed by atoms with E-state index >= 15 is 0 Å². The second-order valence-electron chi connectivity index (χ2n) is 11.2. The van der Waals surface area contributed by atoms with Crippen LogP contribution in [0, 0.1) is 6.92 Å². The lowest BCUT2D eigenvalue weighted by atomic mass is 10.1. The zero-order valence-corrected chi connectivity index (χ0v) is 24.1. The normalized spacial score (nSPS) is 15.6. The number of aryl methyl sites for hydroxylation is 2. The molecule has 1 amide bonds. The summed E-state index contributed by atoms with van der Waals surface area (Å²) in [7, 11) is 1.59. The topological polar surface area (TPSA) is 113 Å². The van der Waals surface area contributed by atoms with Crippen molar-refractivity contribution in [2.75, 3.05) is 25.1 Å². The molecule has 216 valence electrons. The number of ether oxygens (including phenoxy) is 2. The number of alkyl carbamates (subject to hydrolysis) is 1. The zero-order valence-electron chi connectivity index (χ0n) is 24.1. The highest BCUT2D eigenvalue weighted by atomic mass is 16.6. The summed E-state index contributed by atoms with van der Waals surface area (Å²) < 4.78 is 15.7. The highest BCUT2D eigenvalue weighted by molar-refractivity contribution is 5.68. The number of imidazole rings is 1. The molecule has 1 aliphatic rings. The Kier molecular flexibility index (Phi) is 9.01. The van der Waals surface area contributed by atoms with Crippen molar-refractivity contribution in [2.45, 2.75) is 78.2 Å². The summed E-state index contributed by atoms with van der Waals surface area (Å²) in [5.74, 6) is 1.28. The number of nitrogens with zero attached hydrogens (tertiary/aromatic N) is 5. The second-order valence-corrected chi connectivity index (χ2v) is 11.2. The van der Waals surface area contributed by atoms with Crippen molar-refractivity contribution in [1.29, 1.82) is 0 Å². The summed E-state index contributed by atoms with van der Waals surface area (Å²) in [4.78, 5) is 45.7. The van der Waals surface area contributed by atoms with E-state index in [0.29, 0.717) is 44.2 Å². The third-order valence-corrected chi connectivity index (χ3v) is 6.92. The maximum Gasteiger partial charge on any atom is 0.407 e. The maximum absolute atomic E-state index is 13.8. The van der Waals surface area contributed by atoms with Gasteiger partial charge in [-0.1, -0.05) is 12.1 Å². The van der Waals surface area contributed by atoms with E-state index in [9.17, 15) is 14.4 Å². The number of amides is 1. The summed E-state index contributed by atoms with van der Waals surface area (Å²) in [5.41, 5.74) is 0.556. The first kappa shape index (κ1) is 29.0. The quantitative estimate of drug-likeness (QED) is 0.434. The molecule has 0 radical (unpaired) electrons. The molecule has 0 aliphatic carbocycles. The number of aromatic nitrogens is 4. The highest BCUT2D eigenvalue weighted by Crippen LogP contribution is 2.20. The summed E-state index contributed by atoms with van der Waals surface area (Å²) >= 11 is 0. The fourth-order valence-electron chi connectivity index (χ4n) is 4.93. The minimum atomic E-state index is -0.596. The Morgan fingerprint density at radius 3 is 2.52 bits per heavy atom. The van der Waals surface area contributed by atoms with E-state index in [2.05, 4.69) is 10.3 Å². The van der Waals surface area contributed by atoms with Gasteiger partial charge in [-0.25, -0.2) is 14.6 Å². The molecule has 0 bridgehead atoms. The number of benzene rings is 1. The molecule has 11 heteroatoms. The first-order chi connectivity index (χ1) is 19.0. The predicted octanol–water partition coefficient (Wildman–Crippen LogP) is 3.16. The van der Waals surface area contributed by atoms with Crippen LogP contribution < -0.4 is 26.2 Å². The van der Waals surface area contributed by atoms with Gasteiger partial charge < -0.3 is 24.3 Å². The van der Waals surface area contributed by atoms with Crippen LogP contribution in [-0.4, -0.2) is 56.6 Å². The minimum absolute atomic E-state index is 0.158. The Labute approximate surface area is 234 Å². The summed E-state index contributed by atoms with van der Waals surface area (Å²) in [6.45, 7) is 9.89. The largest absolute Gasteiger partial charge is 0.497 e. The fourth-order valence-corrected chi connectivity index (χ4v) is 4.93. The number of carbonyl (C=O) groups is 1. The van der Waals surface area contributed by atoms with E-state index in [1.807, 2.05) is 61.4 Å². The van der Waals surface area contributed by atoms with Gasteiger partial charge in [0.1, 0.15) is 17.2 Å². The number of rotatable bonds is 9. The Bertz CT molecular complexity index is 1420. The first-order valence-corrected chi connectivity index (χ1v) is 13.7. The Morgan fingerprint density at radius 2 is 1.88 bits per heavy atom. The van der Waals surface area contributed by atoms with Crippen molar-refractivity contribution >= 4 is 11.9 Å². The molecule has 1 atom stereocenters. The third kappa shape index (κ3) is 7.34. The molecule has 0 spiro atoms. The van der Waals surface area contributed by atoms with Gasteiger partial charge in [0.05, 0.1) is 20.0 Å². The lowest BCUT2D eigenvalue weighted by Crippen LogP contribution is -2.51. The monoisotopic (exact) mass is 552 g/mol. The van der Waals surface area contributed by atoms with Crippen LogP contribution in [-0.2, 0) is 24.4 Å². The van der Waals surface area contributed by atoms with Gasteiger partial charge in [0, 0.05) is 50.2 Å². The number of methoxy groups -OCH3 is 1. The van der Waals surface area contributed by atoms with Crippen molar-refractivity contribution in [1.82, 2.24) is 24.0 Å². The fraction of sp³-hybridized carbons (Fsp3) is 0.517. The molecule has 40 heavy (non-hydrogen) atoms. The molecule has 11 nitrogen and oxygen atoms in total. The smallest absolute Gasteiger partial charge is 0.407 e. The number of anilines is 1.